The Morgan fingerprint density at radius 3 is 0.765 bits per heavy atom. The summed E-state index contributed by atoms with van der Waals surface area (Å²) in [6.07, 6.45) is 0. The first-order valence-corrected chi connectivity index (χ1v) is 4.91. The molecule has 0 radical (unpaired) electrons. The number of aliphatic hydroxyl groups is 7. The molecular weight excluding hydrogens is 236 g/mol. The van der Waals surface area contributed by atoms with Gasteiger partial charge in [-0.15, -0.1) is 0 Å². The normalized spacial score (nSPS) is 7.76. The van der Waals surface area contributed by atoms with Crippen LogP contribution in [-0.4, -0.2) is 95.7 Å². The van der Waals surface area contributed by atoms with Gasteiger partial charge < -0.3 is 40.5 Å². The molecule has 0 aromatic heterocycles. The Labute approximate surface area is 101 Å². The van der Waals surface area contributed by atoms with E-state index in [1.165, 1.54) is 0 Å². The van der Waals surface area contributed by atoms with Gasteiger partial charge in [0.25, 0.3) is 0 Å². The van der Waals surface area contributed by atoms with E-state index in [2.05, 4.69) is 4.74 Å². The van der Waals surface area contributed by atoms with Crippen molar-refractivity contribution in [2.75, 3.05) is 60.0 Å². The van der Waals surface area contributed by atoms with Crippen molar-refractivity contribution in [1.82, 2.24) is 0 Å². The van der Waals surface area contributed by atoms with Gasteiger partial charge in [0.15, 0.2) is 0 Å². The Kier molecular flexibility index (Phi) is 67.3. The van der Waals surface area contributed by atoms with Crippen LogP contribution in [0.2, 0.25) is 0 Å². The first kappa shape index (κ1) is 25.5. The first-order valence-electron chi connectivity index (χ1n) is 4.91. The maximum Gasteiger partial charge on any atom is 0.0693 e. The summed E-state index contributed by atoms with van der Waals surface area (Å²) in [5, 5.41) is 53.7. The van der Waals surface area contributed by atoms with Crippen LogP contribution in [-0.2, 0) is 4.74 Å². The lowest BCUT2D eigenvalue weighted by molar-refractivity contribution is 0.135. The molecule has 0 aliphatic heterocycles. The molecule has 0 aliphatic carbocycles. The Bertz CT molecular complexity index is 56.5. The zero-order chi connectivity index (χ0) is 14.4. The molecule has 0 atom stereocenters. The number of rotatable bonds is 5. The molecule has 0 fully saturated rings. The maximum atomic E-state index is 7.94. The predicted molar refractivity (Wildman–Crippen MR) is 61.5 cm³/mol. The van der Waals surface area contributed by atoms with E-state index in [0.29, 0.717) is 6.61 Å². The summed E-state index contributed by atoms with van der Waals surface area (Å²) in [5.41, 5.74) is 0. The van der Waals surface area contributed by atoms with Crippen molar-refractivity contribution in [2.24, 2.45) is 0 Å². The monoisotopic (exact) mass is 262 g/mol. The van der Waals surface area contributed by atoms with Crippen molar-refractivity contribution >= 4 is 0 Å². The van der Waals surface area contributed by atoms with Gasteiger partial charge in [-0.2, -0.15) is 0 Å². The Morgan fingerprint density at radius 1 is 0.529 bits per heavy atom. The smallest absolute Gasteiger partial charge is 0.0693 e. The standard InChI is InChI=1S/C3H8O2.3C2H6O2/c1-5-3-2-4;3*3-1-2-4/h4H,2-3H2,1H3;3*3-4H,1-2H2. The maximum absolute atomic E-state index is 7.94. The fourth-order valence-corrected chi connectivity index (χ4v) is 0.0913. The molecule has 8 nitrogen and oxygen atoms in total. The second-order valence-electron chi connectivity index (χ2n) is 2.06. The van der Waals surface area contributed by atoms with Crippen LogP contribution in [0.15, 0.2) is 0 Å². The minimum absolute atomic E-state index is 0.122. The van der Waals surface area contributed by atoms with Crippen LogP contribution in [0.25, 0.3) is 0 Å². The molecule has 0 unspecified atom stereocenters. The van der Waals surface area contributed by atoms with Gasteiger partial charge in [-0.1, -0.05) is 0 Å². The van der Waals surface area contributed by atoms with Gasteiger partial charge in [0.05, 0.1) is 52.9 Å². The highest BCUT2D eigenvalue weighted by atomic mass is 16.5. The van der Waals surface area contributed by atoms with E-state index in [-0.39, 0.29) is 46.2 Å². The fourth-order valence-electron chi connectivity index (χ4n) is 0.0913. The minimum atomic E-state index is -0.125. The first-order chi connectivity index (χ1) is 8.16. The second-order valence-corrected chi connectivity index (χ2v) is 2.06. The summed E-state index contributed by atoms with van der Waals surface area (Å²) in [7, 11) is 1.55. The van der Waals surface area contributed by atoms with E-state index >= 15 is 0 Å². The lowest BCUT2D eigenvalue weighted by atomic mass is 10.8. The highest BCUT2D eigenvalue weighted by molar-refractivity contribution is 4.13. The lowest BCUT2D eigenvalue weighted by Crippen LogP contribution is -1.91. The third-order valence-corrected chi connectivity index (χ3v) is 0.595. The van der Waals surface area contributed by atoms with E-state index in [4.69, 9.17) is 35.7 Å². The Morgan fingerprint density at radius 2 is 0.765 bits per heavy atom. The number of hydrogen-bond donors (Lipinski definition) is 7. The second kappa shape index (κ2) is 44.8. The summed E-state index contributed by atoms with van der Waals surface area (Å²) in [6.45, 7) is -0.184. The van der Waals surface area contributed by atoms with Crippen molar-refractivity contribution in [2.45, 2.75) is 0 Å². The average Bonchev–Trinajstić information content (AvgIpc) is 2.40. The Hall–Kier alpha value is -0.320. The minimum Gasteiger partial charge on any atom is -0.394 e. The molecule has 0 saturated heterocycles. The summed E-state index contributed by atoms with van der Waals surface area (Å²) in [6, 6.07) is 0. The third kappa shape index (κ3) is 134. The van der Waals surface area contributed by atoms with Crippen LogP contribution in [0.5, 0.6) is 0 Å². The largest absolute Gasteiger partial charge is 0.394 e. The quantitative estimate of drug-likeness (QED) is 0.270. The van der Waals surface area contributed by atoms with Gasteiger partial charge in [0, 0.05) is 7.11 Å². The molecular formula is C9H26O8. The molecule has 0 bridgehead atoms. The van der Waals surface area contributed by atoms with Gasteiger partial charge in [-0.05, 0) is 0 Å². The molecule has 0 rings (SSSR count). The van der Waals surface area contributed by atoms with Gasteiger partial charge in [0.2, 0.25) is 0 Å². The summed E-state index contributed by atoms with van der Waals surface area (Å²) in [5.74, 6) is 0. The van der Waals surface area contributed by atoms with Crippen LogP contribution in [0.1, 0.15) is 0 Å². The zero-order valence-corrected chi connectivity index (χ0v) is 10.2. The molecule has 0 heterocycles. The van der Waals surface area contributed by atoms with Crippen molar-refractivity contribution in [3.63, 3.8) is 0 Å². The molecule has 7 N–H and O–H groups in total. The van der Waals surface area contributed by atoms with Crippen molar-refractivity contribution in [3.8, 4) is 0 Å². The van der Waals surface area contributed by atoms with Crippen molar-refractivity contribution in [3.05, 3.63) is 0 Å². The fraction of sp³-hybridized carbons (Fsp3) is 1.00. The summed E-state index contributed by atoms with van der Waals surface area (Å²) >= 11 is 0. The molecule has 0 aromatic carbocycles. The molecule has 0 spiro atoms. The number of methoxy groups -OCH3 is 1. The van der Waals surface area contributed by atoms with E-state index < -0.39 is 0 Å². The predicted octanol–water partition coefficient (Wildman–Crippen LogP) is -3.46. The molecule has 0 aliphatic rings. The van der Waals surface area contributed by atoms with Crippen LogP contribution in [0.4, 0.5) is 0 Å². The SMILES string of the molecule is COCCO.OCCO.OCCO.OCCO. The van der Waals surface area contributed by atoms with Crippen molar-refractivity contribution < 1.29 is 40.5 Å². The lowest BCUT2D eigenvalue weighted by Gasteiger charge is -1.84. The van der Waals surface area contributed by atoms with Gasteiger partial charge >= 0.3 is 0 Å². The molecule has 17 heavy (non-hydrogen) atoms. The van der Waals surface area contributed by atoms with E-state index in [0.717, 1.165) is 0 Å². The van der Waals surface area contributed by atoms with E-state index in [9.17, 15) is 0 Å². The van der Waals surface area contributed by atoms with Crippen LogP contribution in [0, 0.1) is 0 Å². The van der Waals surface area contributed by atoms with Gasteiger partial charge in [0.1, 0.15) is 0 Å². The van der Waals surface area contributed by atoms with Gasteiger partial charge in [-0.3, -0.25) is 0 Å². The highest BCUT2D eigenvalue weighted by Crippen LogP contribution is 1.56. The van der Waals surface area contributed by atoms with E-state index in [1.807, 2.05) is 0 Å². The molecule has 0 amide bonds. The van der Waals surface area contributed by atoms with Crippen LogP contribution in [0.3, 0.4) is 0 Å². The molecule has 0 aromatic rings. The number of aliphatic hydroxyl groups excluding tert-OH is 7. The summed E-state index contributed by atoms with van der Waals surface area (Å²) in [4.78, 5) is 0. The molecule has 110 valence electrons. The van der Waals surface area contributed by atoms with Gasteiger partial charge in [-0.25, -0.2) is 0 Å². The summed E-state index contributed by atoms with van der Waals surface area (Å²) < 4.78 is 4.44. The number of hydrogen-bond acceptors (Lipinski definition) is 8. The molecule has 0 saturated carbocycles. The highest BCUT2D eigenvalue weighted by Gasteiger charge is 1.67. The average molecular weight is 262 g/mol. The van der Waals surface area contributed by atoms with E-state index in [1.54, 1.807) is 7.11 Å². The Balaban J connectivity index is -0.0000000667. The van der Waals surface area contributed by atoms with Crippen molar-refractivity contribution in [1.29, 1.82) is 0 Å². The third-order valence-electron chi connectivity index (χ3n) is 0.595. The zero-order valence-electron chi connectivity index (χ0n) is 10.2. The molecule has 8 heteroatoms. The van der Waals surface area contributed by atoms with Crippen LogP contribution < -0.4 is 0 Å². The number of ether oxygens (including phenoxy) is 1. The van der Waals surface area contributed by atoms with Crippen LogP contribution >= 0.6 is 0 Å². The topological polar surface area (TPSA) is 151 Å².